The number of carbonyl (C=O) groups excluding carboxylic acids is 1. The van der Waals surface area contributed by atoms with Crippen molar-refractivity contribution in [2.45, 2.75) is 18.4 Å². The van der Waals surface area contributed by atoms with Crippen molar-refractivity contribution in [2.75, 3.05) is 13.1 Å². The maximum absolute atomic E-state index is 12.6. The topological polar surface area (TPSA) is 90.6 Å². The summed E-state index contributed by atoms with van der Waals surface area (Å²) in [5.74, 6) is -0.693. The maximum Gasteiger partial charge on any atom is 0.348 e. The van der Waals surface area contributed by atoms with Crippen LogP contribution in [-0.4, -0.2) is 40.6 Å². The summed E-state index contributed by atoms with van der Waals surface area (Å²) in [5, 5.41) is 18.5. The molecule has 1 heterocycles. The molecule has 6 nitrogen and oxygen atoms in total. The van der Waals surface area contributed by atoms with Gasteiger partial charge in [0.2, 0.25) is 5.60 Å². The van der Waals surface area contributed by atoms with Crippen molar-refractivity contribution in [2.24, 2.45) is 0 Å². The fourth-order valence-corrected chi connectivity index (χ4v) is 3.01. The zero-order chi connectivity index (χ0) is 18.6. The summed E-state index contributed by atoms with van der Waals surface area (Å²) >= 11 is 0. The van der Waals surface area contributed by atoms with Gasteiger partial charge in [0.05, 0.1) is 11.6 Å². The lowest BCUT2D eigenvalue weighted by Gasteiger charge is -2.38. The highest BCUT2D eigenvalue weighted by molar-refractivity contribution is 5.94. The molecule has 0 spiro atoms. The summed E-state index contributed by atoms with van der Waals surface area (Å²) in [7, 11) is 0. The van der Waals surface area contributed by atoms with Crippen molar-refractivity contribution in [1.29, 1.82) is 5.26 Å². The van der Waals surface area contributed by atoms with Crippen LogP contribution in [0.15, 0.2) is 54.6 Å². The van der Waals surface area contributed by atoms with Crippen molar-refractivity contribution in [3.05, 3.63) is 65.7 Å². The number of nitriles is 1. The van der Waals surface area contributed by atoms with E-state index in [1.807, 2.05) is 12.1 Å². The first-order valence-corrected chi connectivity index (χ1v) is 8.31. The Morgan fingerprint density at radius 1 is 1.04 bits per heavy atom. The van der Waals surface area contributed by atoms with E-state index in [9.17, 15) is 14.7 Å². The molecular formula is C20H18N2O4. The molecule has 1 N–H and O–H groups in total. The lowest BCUT2D eigenvalue weighted by Crippen LogP contribution is -2.54. The third-order valence-electron chi connectivity index (χ3n) is 4.57. The van der Waals surface area contributed by atoms with Gasteiger partial charge in [-0.3, -0.25) is 4.79 Å². The van der Waals surface area contributed by atoms with Crippen molar-refractivity contribution >= 4 is 11.9 Å². The molecule has 0 saturated carbocycles. The first-order valence-electron chi connectivity index (χ1n) is 8.31. The van der Waals surface area contributed by atoms with E-state index in [4.69, 9.17) is 10.00 Å². The van der Waals surface area contributed by atoms with Crippen LogP contribution in [0, 0.1) is 11.3 Å². The van der Waals surface area contributed by atoms with Crippen LogP contribution in [0.5, 0.6) is 5.75 Å². The number of aliphatic carboxylic acids is 1. The van der Waals surface area contributed by atoms with Crippen LogP contribution >= 0.6 is 0 Å². The molecule has 1 fully saturated rings. The molecule has 0 aromatic heterocycles. The predicted octanol–water partition coefficient (Wildman–Crippen LogP) is 2.70. The van der Waals surface area contributed by atoms with Crippen molar-refractivity contribution in [3.8, 4) is 11.8 Å². The minimum Gasteiger partial charge on any atom is -0.478 e. The van der Waals surface area contributed by atoms with E-state index in [1.54, 1.807) is 53.4 Å². The number of carboxylic acids is 1. The number of likely N-dealkylation sites (tertiary alicyclic amines) is 1. The summed E-state index contributed by atoms with van der Waals surface area (Å²) in [6.45, 7) is 0.579. The molecule has 26 heavy (non-hydrogen) atoms. The second kappa shape index (κ2) is 7.28. The van der Waals surface area contributed by atoms with E-state index in [2.05, 4.69) is 0 Å². The molecule has 3 rings (SSSR count). The quantitative estimate of drug-likeness (QED) is 0.915. The first-order chi connectivity index (χ1) is 12.5. The summed E-state index contributed by atoms with van der Waals surface area (Å²) in [6, 6.07) is 17.3. The molecule has 0 radical (unpaired) electrons. The van der Waals surface area contributed by atoms with E-state index in [-0.39, 0.29) is 31.8 Å². The van der Waals surface area contributed by atoms with Gasteiger partial charge in [0, 0.05) is 31.5 Å². The van der Waals surface area contributed by atoms with E-state index < -0.39 is 11.6 Å². The molecule has 0 aliphatic carbocycles. The normalized spacial score (nSPS) is 15.7. The standard InChI is InChI=1S/C20H18N2O4/c21-14-15-6-8-16(9-7-15)18(23)22-12-10-20(11-13-22,19(24)25)26-17-4-2-1-3-5-17/h1-9H,10-13H2,(H,24,25). The van der Waals surface area contributed by atoms with Gasteiger partial charge in [-0.1, -0.05) is 18.2 Å². The van der Waals surface area contributed by atoms with E-state index in [0.717, 1.165) is 0 Å². The minimum atomic E-state index is -1.33. The van der Waals surface area contributed by atoms with Crippen LogP contribution in [0.1, 0.15) is 28.8 Å². The highest BCUT2D eigenvalue weighted by atomic mass is 16.5. The van der Waals surface area contributed by atoms with Crippen molar-refractivity contribution in [1.82, 2.24) is 4.90 Å². The van der Waals surface area contributed by atoms with Crippen LogP contribution in [0.25, 0.3) is 0 Å². The van der Waals surface area contributed by atoms with E-state index in [1.165, 1.54) is 0 Å². The zero-order valence-electron chi connectivity index (χ0n) is 14.1. The largest absolute Gasteiger partial charge is 0.478 e. The lowest BCUT2D eigenvalue weighted by molar-refractivity contribution is -0.159. The van der Waals surface area contributed by atoms with Gasteiger partial charge in [-0.15, -0.1) is 0 Å². The van der Waals surface area contributed by atoms with Gasteiger partial charge in [-0.25, -0.2) is 4.79 Å². The van der Waals surface area contributed by atoms with Gasteiger partial charge < -0.3 is 14.7 Å². The average Bonchev–Trinajstić information content (AvgIpc) is 2.69. The number of hydrogen-bond donors (Lipinski definition) is 1. The molecule has 1 aliphatic rings. The first kappa shape index (κ1) is 17.5. The highest BCUT2D eigenvalue weighted by Gasteiger charge is 2.45. The number of ether oxygens (including phenoxy) is 1. The molecule has 0 bridgehead atoms. The molecule has 6 heteroatoms. The molecule has 1 aliphatic heterocycles. The Labute approximate surface area is 151 Å². The fraction of sp³-hybridized carbons (Fsp3) is 0.250. The molecule has 2 aromatic rings. The molecular weight excluding hydrogens is 332 g/mol. The van der Waals surface area contributed by atoms with Crippen LogP contribution in [-0.2, 0) is 4.79 Å². The second-order valence-electron chi connectivity index (χ2n) is 6.20. The third-order valence-corrected chi connectivity index (χ3v) is 4.57. The Morgan fingerprint density at radius 3 is 2.19 bits per heavy atom. The van der Waals surface area contributed by atoms with Crippen molar-refractivity contribution < 1.29 is 19.4 Å². The molecule has 1 amide bonds. The lowest BCUT2D eigenvalue weighted by atomic mass is 9.90. The Hall–Kier alpha value is -3.33. The summed E-state index contributed by atoms with van der Waals surface area (Å²) in [4.78, 5) is 26.1. The third kappa shape index (κ3) is 3.52. The summed E-state index contributed by atoms with van der Waals surface area (Å²) in [6.07, 6.45) is 0.415. The number of carbonyl (C=O) groups is 2. The number of hydrogen-bond acceptors (Lipinski definition) is 4. The number of carboxylic acid groups (broad SMARTS) is 1. The van der Waals surface area contributed by atoms with Gasteiger partial charge >= 0.3 is 5.97 Å². The number of nitrogens with zero attached hydrogens (tertiary/aromatic N) is 2. The number of benzene rings is 2. The second-order valence-corrected chi connectivity index (χ2v) is 6.20. The molecule has 0 atom stereocenters. The fourth-order valence-electron chi connectivity index (χ4n) is 3.01. The zero-order valence-corrected chi connectivity index (χ0v) is 14.1. The van der Waals surface area contributed by atoms with Gasteiger partial charge in [0.15, 0.2) is 0 Å². The van der Waals surface area contributed by atoms with Gasteiger partial charge in [-0.05, 0) is 36.4 Å². The Morgan fingerprint density at radius 2 is 1.65 bits per heavy atom. The van der Waals surface area contributed by atoms with Crippen LogP contribution in [0.2, 0.25) is 0 Å². The number of amides is 1. The monoisotopic (exact) mass is 350 g/mol. The Kier molecular flexibility index (Phi) is 4.90. The van der Waals surface area contributed by atoms with Crippen LogP contribution in [0.4, 0.5) is 0 Å². The molecule has 2 aromatic carbocycles. The Bertz CT molecular complexity index is 832. The van der Waals surface area contributed by atoms with Crippen LogP contribution < -0.4 is 4.74 Å². The summed E-state index contributed by atoms with van der Waals surface area (Å²) < 4.78 is 5.79. The van der Waals surface area contributed by atoms with Crippen molar-refractivity contribution in [3.63, 3.8) is 0 Å². The predicted molar refractivity (Wildman–Crippen MR) is 93.7 cm³/mol. The highest BCUT2D eigenvalue weighted by Crippen LogP contribution is 2.30. The minimum absolute atomic E-state index is 0.173. The number of piperidine rings is 1. The average molecular weight is 350 g/mol. The number of para-hydroxylation sites is 1. The van der Waals surface area contributed by atoms with Gasteiger partial charge in [-0.2, -0.15) is 5.26 Å². The van der Waals surface area contributed by atoms with E-state index >= 15 is 0 Å². The number of rotatable bonds is 4. The molecule has 132 valence electrons. The molecule has 0 unspecified atom stereocenters. The van der Waals surface area contributed by atoms with Gasteiger partial charge in [0.1, 0.15) is 5.75 Å². The smallest absolute Gasteiger partial charge is 0.348 e. The SMILES string of the molecule is N#Cc1ccc(C(=O)N2CCC(Oc3ccccc3)(C(=O)O)CC2)cc1. The van der Waals surface area contributed by atoms with E-state index in [0.29, 0.717) is 16.9 Å². The summed E-state index contributed by atoms with van der Waals surface area (Å²) in [5.41, 5.74) is -0.361. The van der Waals surface area contributed by atoms with Gasteiger partial charge in [0.25, 0.3) is 5.91 Å². The maximum atomic E-state index is 12.6. The van der Waals surface area contributed by atoms with Crippen LogP contribution in [0.3, 0.4) is 0 Å². The molecule has 1 saturated heterocycles. The Balaban J connectivity index is 1.70.